The van der Waals surface area contributed by atoms with Gasteiger partial charge in [0.25, 0.3) is 0 Å². The third kappa shape index (κ3) is 3.08. The van der Waals surface area contributed by atoms with Crippen molar-refractivity contribution in [3.05, 3.63) is 63.9 Å². The van der Waals surface area contributed by atoms with Crippen molar-refractivity contribution in [2.75, 3.05) is 0 Å². The van der Waals surface area contributed by atoms with Crippen molar-refractivity contribution in [3.8, 4) is 6.07 Å². The van der Waals surface area contributed by atoms with E-state index in [1.807, 2.05) is 0 Å². The van der Waals surface area contributed by atoms with Crippen molar-refractivity contribution in [2.24, 2.45) is 0 Å². The normalized spacial score (nSPS) is 11.7. The first-order chi connectivity index (χ1) is 9.13. The van der Waals surface area contributed by atoms with E-state index in [0.717, 1.165) is 0 Å². The SMILES string of the molecule is N#C/C(=C(/Cl)c1ccc(Cl)cc1Cl)c1cccnc1. The summed E-state index contributed by atoms with van der Waals surface area (Å²) >= 11 is 18.2. The molecular formula is C14H7Cl3N2. The van der Waals surface area contributed by atoms with Crippen LogP contribution in [0.3, 0.4) is 0 Å². The highest BCUT2D eigenvalue weighted by Crippen LogP contribution is 2.34. The Morgan fingerprint density at radius 2 is 2.00 bits per heavy atom. The Labute approximate surface area is 125 Å². The van der Waals surface area contributed by atoms with Gasteiger partial charge < -0.3 is 0 Å². The lowest BCUT2D eigenvalue weighted by Gasteiger charge is -2.06. The molecule has 94 valence electrons. The second kappa shape index (κ2) is 6.08. The number of pyridine rings is 1. The van der Waals surface area contributed by atoms with Gasteiger partial charge in [0.05, 0.1) is 15.6 Å². The summed E-state index contributed by atoms with van der Waals surface area (Å²) in [6.07, 6.45) is 3.20. The molecule has 0 atom stereocenters. The average molecular weight is 310 g/mol. The zero-order chi connectivity index (χ0) is 13.8. The fraction of sp³-hybridized carbons (Fsp3) is 0. The van der Waals surface area contributed by atoms with Crippen LogP contribution in [0.25, 0.3) is 10.6 Å². The third-order valence-corrected chi connectivity index (χ3v) is 3.39. The smallest absolute Gasteiger partial charge is 0.101 e. The van der Waals surface area contributed by atoms with Crippen molar-refractivity contribution in [1.29, 1.82) is 5.26 Å². The summed E-state index contributed by atoms with van der Waals surface area (Å²) in [7, 11) is 0. The Morgan fingerprint density at radius 3 is 2.58 bits per heavy atom. The molecule has 1 aromatic carbocycles. The molecule has 2 rings (SSSR count). The van der Waals surface area contributed by atoms with Gasteiger partial charge in [-0.3, -0.25) is 4.98 Å². The lowest BCUT2D eigenvalue weighted by molar-refractivity contribution is 1.31. The molecule has 0 fully saturated rings. The van der Waals surface area contributed by atoms with E-state index in [9.17, 15) is 5.26 Å². The van der Waals surface area contributed by atoms with Gasteiger partial charge in [0.2, 0.25) is 0 Å². The Morgan fingerprint density at radius 1 is 1.21 bits per heavy atom. The fourth-order valence-electron chi connectivity index (χ4n) is 1.55. The first kappa shape index (κ1) is 13.9. The molecular weight excluding hydrogens is 303 g/mol. The van der Waals surface area contributed by atoms with E-state index in [0.29, 0.717) is 26.7 Å². The highest BCUT2D eigenvalue weighted by Gasteiger charge is 2.12. The second-order valence-corrected chi connectivity index (χ2v) is 4.89. The van der Waals surface area contributed by atoms with Crippen molar-refractivity contribution in [2.45, 2.75) is 0 Å². The molecule has 0 aliphatic heterocycles. The summed E-state index contributed by atoms with van der Waals surface area (Å²) in [4.78, 5) is 3.97. The first-order valence-corrected chi connectivity index (χ1v) is 6.42. The van der Waals surface area contributed by atoms with E-state index in [2.05, 4.69) is 11.1 Å². The predicted octanol–water partition coefficient (Wildman–Crippen LogP) is 5.02. The molecule has 1 aromatic heterocycles. The van der Waals surface area contributed by atoms with Crippen LogP contribution in [0.4, 0.5) is 0 Å². The maximum absolute atomic E-state index is 9.27. The van der Waals surface area contributed by atoms with Crippen LogP contribution in [0.2, 0.25) is 10.0 Å². The number of nitriles is 1. The van der Waals surface area contributed by atoms with Crippen molar-refractivity contribution in [1.82, 2.24) is 4.98 Å². The van der Waals surface area contributed by atoms with E-state index in [4.69, 9.17) is 34.8 Å². The molecule has 0 unspecified atom stereocenters. The Kier molecular flexibility index (Phi) is 4.44. The minimum Gasteiger partial charge on any atom is -0.264 e. The topological polar surface area (TPSA) is 36.7 Å². The molecule has 0 radical (unpaired) electrons. The van der Waals surface area contributed by atoms with Gasteiger partial charge in [-0.05, 0) is 18.2 Å². The lowest BCUT2D eigenvalue weighted by Crippen LogP contribution is -1.88. The Balaban J connectivity index is 2.59. The molecule has 0 aliphatic carbocycles. The van der Waals surface area contributed by atoms with Crippen LogP contribution in [0.1, 0.15) is 11.1 Å². The summed E-state index contributed by atoms with van der Waals surface area (Å²) in [5, 5.41) is 10.5. The first-order valence-electron chi connectivity index (χ1n) is 5.29. The van der Waals surface area contributed by atoms with Gasteiger partial charge in [-0.2, -0.15) is 5.26 Å². The number of rotatable bonds is 2. The van der Waals surface area contributed by atoms with Crippen molar-refractivity contribution >= 4 is 45.4 Å². The van der Waals surface area contributed by atoms with E-state index >= 15 is 0 Å². The van der Waals surface area contributed by atoms with Crippen LogP contribution < -0.4 is 0 Å². The van der Waals surface area contributed by atoms with Crippen LogP contribution in [-0.2, 0) is 0 Å². The van der Waals surface area contributed by atoms with E-state index in [-0.39, 0.29) is 5.03 Å². The summed E-state index contributed by atoms with van der Waals surface area (Å²) in [5.41, 5.74) is 1.52. The van der Waals surface area contributed by atoms with Gasteiger partial charge >= 0.3 is 0 Å². The van der Waals surface area contributed by atoms with Crippen LogP contribution in [-0.4, -0.2) is 4.98 Å². The molecule has 0 aliphatic rings. The summed E-state index contributed by atoms with van der Waals surface area (Å²) in [6, 6.07) is 10.5. The van der Waals surface area contributed by atoms with Crippen molar-refractivity contribution in [3.63, 3.8) is 0 Å². The molecule has 0 spiro atoms. The van der Waals surface area contributed by atoms with Crippen LogP contribution in [0.15, 0.2) is 42.7 Å². The van der Waals surface area contributed by atoms with Gasteiger partial charge in [0.1, 0.15) is 6.07 Å². The minimum atomic E-state index is 0.275. The number of hydrogen-bond donors (Lipinski definition) is 0. The molecule has 0 saturated carbocycles. The monoisotopic (exact) mass is 308 g/mol. The number of allylic oxidation sites excluding steroid dienone is 1. The second-order valence-electron chi connectivity index (χ2n) is 3.67. The number of nitrogens with zero attached hydrogens (tertiary/aromatic N) is 2. The van der Waals surface area contributed by atoms with E-state index < -0.39 is 0 Å². The minimum absolute atomic E-state index is 0.275. The predicted molar refractivity (Wildman–Crippen MR) is 79.0 cm³/mol. The Bertz CT molecular complexity index is 673. The summed E-state index contributed by atoms with van der Waals surface area (Å²) in [5.74, 6) is 0. The zero-order valence-corrected chi connectivity index (χ0v) is 11.8. The lowest BCUT2D eigenvalue weighted by atomic mass is 10.1. The van der Waals surface area contributed by atoms with Crippen LogP contribution in [0, 0.1) is 11.3 Å². The molecule has 19 heavy (non-hydrogen) atoms. The maximum Gasteiger partial charge on any atom is 0.101 e. The molecule has 1 heterocycles. The largest absolute Gasteiger partial charge is 0.264 e. The molecule has 0 bridgehead atoms. The molecule has 2 aromatic rings. The summed E-state index contributed by atoms with van der Waals surface area (Å²) in [6.45, 7) is 0. The van der Waals surface area contributed by atoms with Gasteiger partial charge in [-0.15, -0.1) is 0 Å². The van der Waals surface area contributed by atoms with Gasteiger partial charge in [0, 0.05) is 28.5 Å². The molecule has 0 saturated heterocycles. The fourth-order valence-corrected chi connectivity index (χ4v) is 2.42. The zero-order valence-electron chi connectivity index (χ0n) is 9.57. The number of halogens is 3. The molecule has 5 heteroatoms. The highest BCUT2D eigenvalue weighted by molar-refractivity contribution is 6.55. The van der Waals surface area contributed by atoms with Gasteiger partial charge in [-0.25, -0.2) is 0 Å². The van der Waals surface area contributed by atoms with E-state index in [1.54, 1.807) is 42.7 Å². The third-order valence-electron chi connectivity index (χ3n) is 2.45. The number of aromatic nitrogens is 1. The quantitative estimate of drug-likeness (QED) is 0.730. The van der Waals surface area contributed by atoms with Crippen molar-refractivity contribution < 1.29 is 0 Å². The molecule has 0 N–H and O–H groups in total. The highest BCUT2D eigenvalue weighted by atomic mass is 35.5. The number of benzene rings is 1. The average Bonchev–Trinajstić information content (AvgIpc) is 2.40. The van der Waals surface area contributed by atoms with E-state index in [1.165, 1.54) is 0 Å². The van der Waals surface area contributed by atoms with Gasteiger partial charge in [-0.1, -0.05) is 46.9 Å². The van der Waals surface area contributed by atoms with Crippen LogP contribution in [0.5, 0.6) is 0 Å². The maximum atomic E-state index is 9.27. The summed E-state index contributed by atoms with van der Waals surface area (Å²) < 4.78 is 0. The molecule has 2 nitrogen and oxygen atoms in total. The van der Waals surface area contributed by atoms with Gasteiger partial charge in [0.15, 0.2) is 0 Å². The Hall–Kier alpha value is -1.53. The van der Waals surface area contributed by atoms with Crippen LogP contribution >= 0.6 is 34.8 Å². The number of hydrogen-bond acceptors (Lipinski definition) is 2. The standard InChI is InChI=1S/C14H7Cl3N2/c15-10-3-4-11(13(16)6-10)14(17)12(7-18)9-2-1-5-19-8-9/h1-6,8H/b14-12-. The molecule has 0 amide bonds.